The summed E-state index contributed by atoms with van der Waals surface area (Å²) in [5.74, 6) is 2.02. The Bertz CT molecular complexity index is 655. The summed E-state index contributed by atoms with van der Waals surface area (Å²) in [7, 11) is 1.60. The molecule has 0 N–H and O–H groups in total. The Morgan fingerprint density at radius 2 is 2.00 bits per heavy atom. The number of para-hydroxylation sites is 2. The third-order valence-corrected chi connectivity index (χ3v) is 3.59. The molecule has 0 atom stereocenters. The van der Waals surface area contributed by atoms with Crippen molar-refractivity contribution < 1.29 is 9.47 Å². The van der Waals surface area contributed by atoms with Crippen LogP contribution in [0, 0.1) is 10.5 Å². The first-order valence-electron chi connectivity index (χ1n) is 6.11. The molecule has 2 rings (SSSR count). The molecule has 0 bridgehead atoms. The second-order valence-corrected chi connectivity index (χ2v) is 5.27. The van der Waals surface area contributed by atoms with Crippen LogP contribution >= 0.6 is 22.6 Å². The van der Waals surface area contributed by atoms with E-state index in [4.69, 9.17) is 9.47 Å². The fourth-order valence-electron chi connectivity index (χ4n) is 1.80. The van der Waals surface area contributed by atoms with Crippen LogP contribution in [-0.4, -0.2) is 23.3 Å². The van der Waals surface area contributed by atoms with Crippen molar-refractivity contribution >= 4 is 22.6 Å². The van der Waals surface area contributed by atoms with Gasteiger partial charge in [-0.05, 0) is 41.6 Å². The van der Waals surface area contributed by atoms with Crippen molar-refractivity contribution in [2.24, 2.45) is 0 Å². The topological polar surface area (TPSA) is 53.4 Å². The Morgan fingerprint density at radius 1 is 1.30 bits per heavy atom. The molecule has 106 valence electrons. The van der Waals surface area contributed by atoms with Crippen molar-refractivity contribution in [1.82, 2.24) is 9.55 Å². The van der Waals surface area contributed by atoms with Crippen LogP contribution in [0.5, 0.6) is 11.5 Å². The van der Waals surface area contributed by atoms with Gasteiger partial charge in [-0.25, -0.2) is 4.98 Å². The van der Waals surface area contributed by atoms with Gasteiger partial charge in [0.1, 0.15) is 12.4 Å². The largest absolute Gasteiger partial charge is 0.493 e. The second-order valence-electron chi connectivity index (χ2n) is 4.11. The van der Waals surface area contributed by atoms with Crippen molar-refractivity contribution in [2.45, 2.75) is 13.5 Å². The number of ether oxygens (including phenoxy) is 2. The van der Waals surface area contributed by atoms with Crippen LogP contribution in [0.15, 0.2) is 35.3 Å². The van der Waals surface area contributed by atoms with Gasteiger partial charge in [0.25, 0.3) is 5.56 Å². The van der Waals surface area contributed by atoms with Gasteiger partial charge >= 0.3 is 0 Å². The van der Waals surface area contributed by atoms with E-state index < -0.39 is 0 Å². The molecular weight excluding hydrogens is 371 g/mol. The Morgan fingerprint density at radius 3 is 2.70 bits per heavy atom. The highest BCUT2D eigenvalue weighted by atomic mass is 127. The summed E-state index contributed by atoms with van der Waals surface area (Å²) < 4.78 is 13.1. The molecule has 5 nitrogen and oxygen atoms in total. The molecule has 1 aromatic heterocycles. The zero-order valence-electron chi connectivity index (χ0n) is 11.3. The molecule has 1 heterocycles. The number of methoxy groups -OCH3 is 1. The average Bonchev–Trinajstić information content (AvgIpc) is 2.47. The lowest BCUT2D eigenvalue weighted by atomic mass is 10.3. The minimum atomic E-state index is -0.0401. The van der Waals surface area contributed by atoms with E-state index in [1.54, 1.807) is 24.8 Å². The minimum absolute atomic E-state index is 0.0401. The van der Waals surface area contributed by atoms with E-state index in [2.05, 4.69) is 4.98 Å². The lowest BCUT2D eigenvalue weighted by Crippen LogP contribution is -2.27. The molecule has 0 aliphatic rings. The van der Waals surface area contributed by atoms with Crippen LogP contribution in [0.1, 0.15) is 5.82 Å². The fraction of sp³-hybridized carbons (Fsp3) is 0.286. The molecule has 6 heteroatoms. The summed E-state index contributed by atoms with van der Waals surface area (Å²) in [5.41, 5.74) is -0.0401. The second kappa shape index (κ2) is 6.74. The third-order valence-electron chi connectivity index (χ3n) is 2.85. The smallest absolute Gasteiger partial charge is 0.267 e. The van der Waals surface area contributed by atoms with Gasteiger partial charge in [0.2, 0.25) is 0 Å². The third kappa shape index (κ3) is 3.30. The molecule has 1 aromatic carbocycles. The average molecular weight is 386 g/mol. The summed E-state index contributed by atoms with van der Waals surface area (Å²) in [4.78, 5) is 16.2. The Hall–Kier alpha value is -1.57. The number of halogens is 1. The molecule has 2 aromatic rings. The lowest BCUT2D eigenvalue weighted by Gasteiger charge is -2.12. The highest BCUT2D eigenvalue weighted by molar-refractivity contribution is 14.1. The first kappa shape index (κ1) is 14.8. The maximum atomic E-state index is 12.0. The SMILES string of the molecule is COc1ccccc1OCCn1c(C)ncc(I)c1=O. The van der Waals surface area contributed by atoms with Crippen molar-refractivity contribution in [3.05, 3.63) is 50.2 Å². The van der Waals surface area contributed by atoms with Gasteiger partial charge in [0.15, 0.2) is 11.5 Å². The van der Waals surface area contributed by atoms with Gasteiger partial charge in [0.05, 0.1) is 17.2 Å². The number of benzene rings is 1. The molecule has 0 spiro atoms. The van der Waals surface area contributed by atoms with Gasteiger partial charge in [-0.15, -0.1) is 0 Å². The van der Waals surface area contributed by atoms with Crippen molar-refractivity contribution in [3.8, 4) is 11.5 Å². The highest BCUT2D eigenvalue weighted by Gasteiger charge is 2.07. The molecule has 0 fully saturated rings. The number of rotatable bonds is 5. The molecular formula is C14H15IN2O3. The standard InChI is InChI=1S/C14H15IN2O3/c1-10-16-9-11(15)14(18)17(10)7-8-20-13-6-4-3-5-12(13)19-2/h3-6,9H,7-8H2,1-2H3. The molecule has 0 radical (unpaired) electrons. The van der Waals surface area contributed by atoms with Gasteiger partial charge in [-0.1, -0.05) is 12.1 Å². The normalized spacial score (nSPS) is 10.3. The monoisotopic (exact) mass is 386 g/mol. The number of aryl methyl sites for hydroxylation is 1. The van der Waals surface area contributed by atoms with E-state index >= 15 is 0 Å². The Kier molecular flexibility index (Phi) is 4.99. The summed E-state index contributed by atoms with van der Waals surface area (Å²) in [5, 5.41) is 0. The van der Waals surface area contributed by atoms with Crippen LogP contribution in [-0.2, 0) is 6.54 Å². The van der Waals surface area contributed by atoms with Crippen LogP contribution in [0.2, 0.25) is 0 Å². The Labute approximate surface area is 130 Å². The predicted octanol–water partition coefficient (Wildman–Crippen LogP) is 2.24. The quantitative estimate of drug-likeness (QED) is 0.740. The lowest BCUT2D eigenvalue weighted by molar-refractivity contribution is 0.276. The van der Waals surface area contributed by atoms with Gasteiger partial charge in [0, 0.05) is 6.20 Å². The van der Waals surface area contributed by atoms with E-state index in [0.717, 1.165) is 0 Å². The molecule has 0 aliphatic carbocycles. The first-order chi connectivity index (χ1) is 9.63. The maximum absolute atomic E-state index is 12.0. The van der Waals surface area contributed by atoms with Crippen LogP contribution < -0.4 is 15.0 Å². The highest BCUT2D eigenvalue weighted by Crippen LogP contribution is 2.25. The Balaban J connectivity index is 2.07. The van der Waals surface area contributed by atoms with Crippen molar-refractivity contribution in [1.29, 1.82) is 0 Å². The zero-order valence-corrected chi connectivity index (χ0v) is 13.5. The number of aromatic nitrogens is 2. The molecule has 20 heavy (non-hydrogen) atoms. The van der Waals surface area contributed by atoms with Crippen molar-refractivity contribution in [2.75, 3.05) is 13.7 Å². The van der Waals surface area contributed by atoms with E-state index in [1.807, 2.05) is 46.9 Å². The summed E-state index contributed by atoms with van der Waals surface area (Å²) in [6.07, 6.45) is 1.58. The molecule has 0 unspecified atom stereocenters. The van der Waals surface area contributed by atoms with E-state index in [0.29, 0.717) is 34.0 Å². The minimum Gasteiger partial charge on any atom is -0.493 e. The summed E-state index contributed by atoms with van der Waals surface area (Å²) in [6.45, 7) is 2.63. The van der Waals surface area contributed by atoms with Crippen LogP contribution in [0.3, 0.4) is 0 Å². The van der Waals surface area contributed by atoms with Gasteiger partial charge in [-0.3, -0.25) is 9.36 Å². The van der Waals surface area contributed by atoms with Gasteiger partial charge < -0.3 is 9.47 Å². The van der Waals surface area contributed by atoms with E-state index in [9.17, 15) is 4.79 Å². The first-order valence-corrected chi connectivity index (χ1v) is 7.19. The molecule has 0 amide bonds. The predicted molar refractivity (Wildman–Crippen MR) is 84.4 cm³/mol. The van der Waals surface area contributed by atoms with E-state index in [1.165, 1.54) is 0 Å². The summed E-state index contributed by atoms with van der Waals surface area (Å²) >= 11 is 1.98. The number of hydrogen-bond donors (Lipinski definition) is 0. The summed E-state index contributed by atoms with van der Waals surface area (Å²) in [6, 6.07) is 7.42. The van der Waals surface area contributed by atoms with Gasteiger partial charge in [-0.2, -0.15) is 0 Å². The van der Waals surface area contributed by atoms with Crippen molar-refractivity contribution in [3.63, 3.8) is 0 Å². The number of nitrogens with zero attached hydrogens (tertiary/aromatic N) is 2. The number of hydrogen-bond acceptors (Lipinski definition) is 4. The molecule has 0 saturated heterocycles. The zero-order chi connectivity index (χ0) is 14.5. The van der Waals surface area contributed by atoms with Crippen LogP contribution in [0.4, 0.5) is 0 Å². The molecule has 0 saturated carbocycles. The molecule has 0 aliphatic heterocycles. The maximum Gasteiger partial charge on any atom is 0.267 e. The van der Waals surface area contributed by atoms with Crippen LogP contribution in [0.25, 0.3) is 0 Å². The van der Waals surface area contributed by atoms with E-state index in [-0.39, 0.29) is 5.56 Å². The fourth-order valence-corrected chi connectivity index (χ4v) is 2.23.